The number of hydrogen-bond acceptors (Lipinski definition) is 5. The van der Waals surface area contributed by atoms with Crippen LogP contribution in [0.15, 0.2) is 42.2 Å². The summed E-state index contributed by atoms with van der Waals surface area (Å²) < 4.78 is 53.1. The summed E-state index contributed by atoms with van der Waals surface area (Å²) in [5.74, 6) is -1.79. The Morgan fingerprint density at radius 3 is 2.64 bits per heavy atom. The van der Waals surface area contributed by atoms with E-state index < -0.39 is 29.3 Å². The summed E-state index contributed by atoms with van der Waals surface area (Å²) in [6.45, 7) is 0. The number of hydrogen-bond donors (Lipinski definition) is 1. The lowest BCUT2D eigenvalue weighted by molar-refractivity contribution is -0.140. The lowest BCUT2D eigenvalue weighted by Crippen LogP contribution is -2.18. The lowest BCUT2D eigenvalue weighted by Gasteiger charge is -2.13. The quantitative estimate of drug-likeness (QED) is 0.710. The molecule has 0 aliphatic heterocycles. The number of alkyl halides is 3. The van der Waals surface area contributed by atoms with Crippen LogP contribution in [0.4, 0.5) is 23.2 Å². The third-order valence-corrected chi connectivity index (χ3v) is 3.88. The molecule has 0 unspecified atom stereocenters. The van der Waals surface area contributed by atoms with Gasteiger partial charge in [-0.15, -0.1) is 11.3 Å². The van der Waals surface area contributed by atoms with Crippen molar-refractivity contribution in [2.75, 3.05) is 5.32 Å². The summed E-state index contributed by atoms with van der Waals surface area (Å²) in [5, 5.41) is 3.77. The minimum Gasteiger partial charge on any atom is -0.318 e. The topological polar surface area (TPSA) is 67.8 Å². The largest absolute Gasteiger partial charge is 0.435 e. The Labute approximate surface area is 142 Å². The van der Waals surface area contributed by atoms with Crippen molar-refractivity contribution in [1.82, 2.24) is 15.0 Å². The van der Waals surface area contributed by atoms with Gasteiger partial charge in [0, 0.05) is 11.8 Å². The fourth-order valence-electron chi connectivity index (χ4n) is 1.95. The smallest absolute Gasteiger partial charge is 0.318 e. The number of carbonyl (C=O) groups excluding carboxylic acids is 1. The summed E-state index contributed by atoms with van der Waals surface area (Å²) in [7, 11) is 0. The van der Waals surface area contributed by atoms with E-state index in [0.29, 0.717) is 0 Å². The van der Waals surface area contributed by atoms with Crippen molar-refractivity contribution in [3.63, 3.8) is 0 Å². The molecular formula is C15H8F4N4OS. The van der Waals surface area contributed by atoms with Crippen molar-refractivity contribution in [2.45, 2.75) is 6.18 Å². The van der Waals surface area contributed by atoms with E-state index in [-0.39, 0.29) is 16.3 Å². The van der Waals surface area contributed by atoms with E-state index in [1.165, 1.54) is 6.07 Å². The highest BCUT2D eigenvalue weighted by atomic mass is 32.1. The molecule has 0 spiro atoms. The van der Waals surface area contributed by atoms with Gasteiger partial charge in [0.1, 0.15) is 5.82 Å². The van der Waals surface area contributed by atoms with Crippen LogP contribution in [0.1, 0.15) is 15.4 Å². The number of anilines is 1. The Kier molecular flexibility index (Phi) is 4.45. The van der Waals surface area contributed by atoms with Gasteiger partial charge in [-0.3, -0.25) is 9.78 Å². The molecule has 0 saturated carbocycles. The van der Waals surface area contributed by atoms with Gasteiger partial charge in [-0.25, -0.2) is 14.4 Å². The number of amides is 1. The molecule has 25 heavy (non-hydrogen) atoms. The minimum absolute atomic E-state index is 0.0124. The summed E-state index contributed by atoms with van der Waals surface area (Å²) in [5.41, 5.74) is -1.92. The average molecular weight is 368 g/mol. The summed E-state index contributed by atoms with van der Waals surface area (Å²) in [4.78, 5) is 23.0. The number of nitrogens with one attached hydrogen (secondary N) is 1. The number of halogens is 4. The molecule has 3 heterocycles. The fraction of sp³-hybridized carbons (Fsp3) is 0.0667. The molecule has 0 atom stereocenters. The van der Waals surface area contributed by atoms with E-state index in [1.54, 1.807) is 11.4 Å². The number of rotatable bonds is 3. The Balaban J connectivity index is 2.00. The first-order chi connectivity index (χ1) is 11.8. The van der Waals surface area contributed by atoms with E-state index in [4.69, 9.17) is 0 Å². The molecule has 0 aliphatic rings. The van der Waals surface area contributed by atoms with Crippen LogP contribution in [0, 0.1) is 5.82 Å². The molecule has 5 nitrogen and oxygen atoms in total. The normalized spacial score (nSPS) is 11.4. The van der Waals surface area contributed by atoms with E-state index in [2.05, 4.69) is 20.3 Å². The van der Waals surface area contributed by atoms with E-state index >= 15 is 0 Å². The van der Waals surface area contributed by atoms with Gasteiger partial charge in [0.15, 0.2) is 11.5 Å². The highest BCUT2D eigenvalue weighted by Crippen LogP contribution is 2.34. The molecule has 3 aromatic rings. The monoisotopic (exact) mass is 368 g/mol. The molecule has 0 radical (unpaired) electrons. The van der Waals surface area contributed by atoms with Crippen molar-refractivity contribution < 1.29 is 22.4 Å². The Bertz CT molecular complexity index is 912. The van der Waals surface area contributed by atoms with E-state index in [0.717, 1.165) is 36.0 Å². The minimum atomic E-state index is -4.84. The molecule has 0 aromatic carbocycles. The molecule has 3 rings (SSSR count). The van der Waals surface area contributed by atoms with Gasteiger partial charge in [-0.1, -0.05) is 6.07 Å². The SMILES string of the molecule is O=C(Nc1cnc(-c2cncc(F)c2)nc1C(F)(F)F)c1cccs1. The molecule has 0 aliphatic carbocycles. The maximum atomic E-state index is 13.3. The van der Waals surface area contributed by atoms with Crippen molar-refractivity contribution in [3.05, 3.63) is 58.6 Å². The van der Waals surface area contributed by atoms with Gasteiger partial charge in [-0.2, -0.15) is 13.2 Å². The van der Waals surface area contributed by atoms with Gasteiger partial charge < -0.3 is 5.32 Å². The zero-order valence-electron chi connectivity index (χ0n) is 12.2. The first-order valence-corrected chi connectivity index (χ1v) is 7.62. The highest BCUT2D eigenvalue weighted by molar-refractivity contribution is 7.12. The van der Waals surface area contributed by atoms with Crippen LogP contribution < -0.4 is 5.32 Å². The zero-order valence-corrected chi connectivity index (χ0v) is 13.0. The molecule has 0 fully saturated rings. The van der Waals surface area contributed by atoms with Crippen molar-refractivity contribution in [2.24, 2.45) is 0 Å². The van der Waals surface area contributed by atoms with Gasteiger partial charge in [-0.05, 0) is 17.5 Å². The van der Waals surface area contributed by atoms with Crippen LogP contribution in [0.25, 0.3) is 11.4 Å². The van der Waals surface area contributed by atoms with Crippen molar-refractivity contribution >= 4 is 22.9 Å². The highest BCUT2D eigenvalue weighted by Gasteiger charge is 2.37. The van der Waals surface area contributed by atoms with Gasteiger partial charge >= 0.3 is 6.18 Å². The van der Waals surface area contributed by atoms with Crippen LogP contribution in [0.2, 0.25) is 0 Å². The number of nitrogens with zero attached hydrogens (tertiary/aromatic N) is 3. The number of aromatic nitrogens is 3. The predicted molar refractivity (Wildman–Crippen MR) is 82.5 cm³/mol. The summed E-state index contributed by atoms with van der Waals surface area (Å²) in [6.07, 6.45) is -1.95. The molecule has 10 heteroatoms. The van der Waals surface area contributed by atoms with Gasteiger partial charge in [0.2, 0.25) is 0 Å². The van der Waals surface area contributed by atoms with Gasteiger partial charge in [0.05, 0.1) is 23.0 Å². The van der Waals surface area contributed by atoms with Crippen LogP contribution in [0.3, 0.4) is 0 Å². The van der Waals surface area contributed by atoms with Crippen molar-refractivity contribution in [1.29, 1.82) is 0 Å². The van der Waals surface area contributed by atoms with E-state index in [1.807, 2.05) is 0 Å². The van der Waals surface area contributed by atoms with Crippen LogP contribution in [-0.4, -0.2) is 20.9 Å². The fourth-order valence-corrected chi connectivity index (χ4v) is 2.57. The summed E-state index contributed by atoms with van der Waals surface area (Å²) >= 11 is 1.08. The van der Waals surface area contributed by atoms with Crippen LogP contribution in [0.5, 0.6) is 0 Å². The molecule has 0 bridgehead atoms. The number of carbonyl (C=O) groups is 1. The van der Waals surface area contributed by atoms with Gasteiger partial charge in [0.25, 0.3) is 5.91 Å². The van der Waals surface area contributed by atoms with Crippen LogP contribution in [-0.2, 0) is 6.18 Å². The second-order valence-corrected chi connectivity index (χ2v) is 5.72. The first-order valence-electron chi connectivity index (χ1n) is 6.74. The van der Waals surface area contributed by atoms with Crippen molar-refractivity contribution in [3.8, 4) is 11.4 Å². The number of thiophene rings is 1. The third kappa shape index (κ3) is 3.79. The second-order valence-electron chi connectivity index (χ2n) is 4.78. The maximum absolute atomic E-state index is 13.3. The first kappa shape index (κ1) is 17.0. The molecule has 1 N–H and O–H groups in total. The Morgan fingerprint density at radius 1 is 1.20 bits per heavy atom. The molecule has 0 saturated heterocycles. The average Bonchev–Trinajstić information content (AvgIpc) is 3.09. The molecular weight excluding hydrogens is 360 g/mol. The Hall–Kier alpha value is -2.88. The zero-order chi connectivity index (χ0) is 18.0. The lowest BCUT2D eigenvalue weighted by atomic mass is 10.2. The predicted octanol–water partition coefficient (Wildman–Crippen LogP) is 4.01. The molecule has 128 valence electrons. The Morgan fingerprint density at radius 2 is 2.00 bits per heavy atom. The molecule has 1 amide bonds. The van der Waals surface area contributed by atoms with Crippen LogP contribution >= 0.6 is 11.3 Å². The maximum Gasteiger partial charge on any atom is 0.435 e. The second kappa shape index (κ2) is 6.55. The molecule has 3 aromatic heterocycles. The third-order valence-electron chi connectivity index (χ3n) is 3.01. The standard InChI is InChI=1S/C15H8F4N4OS/c16-9-4-8(5-20-6-9)13-21-7-10(12(23-13)15(17,18)19)22-14(24)11-2-1-3-25-11/h1-7H,(H,22,24). The number of pyridine rings is 1. The summed E-state index contributed by atoms with van der Waals surface area (Å²) in [6, 6.07) is 4.04. The van der Waals surface area contributed by atoms with E-state index in [9.17, 15) is 22.4 Å².